The highest BCUT2D eigenvalue weighted by Crippen LogP contribution is 2.20. The van der Waals surface area contributed by atoms with Crippen LogP contribution in [0.3, 0.4) is 0 Å². The number of hydrogen-bond donors (Lipinski definition) is 0. The van der Waals surface area contributed by atoms with Crippen molar-refractivity contribution in [3.63, 3.8) is 0 Å². The molecule has 0 spiro atoms. The highest BCUT2D eigenvalue weighted by molar-refractivity contribution is 7.07. The number of nitrogens with zero attached hydrogens (tertiary/aromatic N) is 1. The third-order valence-corrected chi connectivity index (χ3v) is 4.38. The Morgan fingerprint density at radius 3 is 3.17 bits per heavy atom. The number of rotatable bonds is 5. The first kappa shape index (κ1) is 13.6. The van der Waals surface area contributed by atoms with Gasteiger partial charge in [-0.3, -0.25) is 9.69 Å². The first-order valence-corrected chi connectivity index (χ1v) is 7.56. The molecule has 2 rings (SSSR count). The van der Waals surface area contributed by atoms with Gasteiger partial charge in [-0.2, -0.15) is 11.3 Å². The van der Waals surface area contributed by atoms with Crippen LogP contribution in [0.15, 0.2) is 16.8 Å². The van der Waals surface area contributed by atoms with Crippen LogP contribution in [0.25, 0.3) is 0 Å². The van der Waals surface area contributed by atoms with E-state index in [9.17, 15) is 4.79 Å². The van der Waals surface area contributed by atoms with E-state index < -0.39 is 0 Å². The molecule has 0 radical (unpaired) electrons. The normalized spacial score (nSPS) is 20.8. The zero-order valence-electron chi connectivity index (χ0n) is 10.9. The number of carbonyl (C=O) groups is 1. The summed E-state index contributed by atoms with van der Waals surface area (Å²) in [6, 6.07) is 2.56. The first-order valence-electron chi connectivity index (χ1n) is 6.61. The summed E-state index contributed by atoms with van der Waals surface area (Å²) in [6.45, 7) is 2.17. The quantitative estimate of drug-likeness (QED) is 0.768. The van der Waals surface area contributed by atoms with E-state index in [2.05, 4.69) is 21.7 Å². The second kappa shape index (κ2) is 6.90. The molecule has 0 N–H and O–H groups in total. The van der Waals surface area contributed by atoms with Crippen molar-refractivity contribution in [2.24, 2.45) is 0 Å². The fourth-order valence-electron chi connectivity index (χ4n) is 2.57. The van der Waals surface area contributed by atoms with Gasteiger partial charge in [0.25, 0.3) is 0 Å². The van der Waals surface area contributed by atoms with Gasteiger partial charge in [-0.1, -0.05) is 6.42 Å². The van der Waals surface area contributed by atoms with Crippen LogP contribution in [0.1, 0.15) is 31.2 Å². The molecular formula is C14H21NO2S. The smallest absolute Gasteiger partial charge is 0.307 e. The lowest BCUT2D eigenvalue weighted by Crippen LogP contribution is -2.42. The Bertz CT molecular complexity index is 364. The average Bonchev–Trinajstić information content (AvgIpc) is 2.91. The fourth-order valence-corrected chi connectivity index (χ4v) is 3.27. The summed E-state index contributed by atoms with van der Waals surface area (Å²) in [6.07, 6.45) is 5.23. The minimum absolute atomic E-state index is 0.0811. The topological polar surface area (TPSA) is 29.5 Å². The highest BCUT2D eigenvalue weighted by Gasteiger charge is 2.24. The number of ether oxygens (including phenoxy) is 1. The molecule has 1 atom stereocenters. The van der Waals surface area contributed by atoms with Gasteiger partial charge < -0.3 is 4.74 Å². The summed E-state index contributed by atoms with van der Waals surface area (Å²) >= 11 is 1.75. The number of likely N-dealkylation sites (tertiary alicyclic amines) is 1. The molecule has 2 heterocycles. The zero-order valence-corrected chi connectivity index (χ0v) is 11.7. The van der Waals surface area contributed by atoms with Crippen LogP contribution < -0.4 is 0 Å². The van der Waals surface area contributed by atoms with E-state index in [1.165, 1.54) is 25.5 Å². The number of methoxy groups -OCH3 is 1. The van der Waals surface area contributed by atoms with E-state index in [0.29, 0.717) is 12.5 Å². The predicted octanol–water partition coefficient (Wildman–Crippen LogP) is 2.71. The maximum Gasteiger partial charge on any atom is 0.307 e. The number of esters is 1. The molecule has 100 valence electrons. The van der Waals surface area contributed by atoms with E-state index in [1.54, 1.807) is 11.3 Å². The van der Waals surface area contributed by atoms with Gasteiger partial charge in [0.2, 0.25) is 0 Å². The van der Waals surface area contributed by atoms with Crippen LogP contribution in [-0.2, 0) is 16.0 Å². The van der Waals surface area contributed by atoms with Crippen LogP contribution in [0, 0.1) is 0 Å². The molecule has 0 amide bonds. The zero-order chi connectivity index (χ0) is 12.8. The van der Waals surface area contributed by atoms with Gasteiger partial charge in [-0.25, -0.2) is 0 Å². The summed E-state index contributed by atoms with van der Waals surface area (Å²) in [5, 5.41) is 4.33. The van der Waals surface area contributed by atoms with Crippen LogP contribution in [0.5, 0.6) is 0 Å². The lowest BCUT2D eigenvalue weighted by Gasteiger charge is -2.35. The molecule has 0 bridgehead atoms. The molecule has 1 aromatic heterocycles. The lowest BCUT2D eigenvalue weighted by molar-refractivity contribution is -0.142. The molecule has 1 fully saturated rings. The largest absolute Gasteiger partial charge is 0.469 e. The van der Waals surface area contributed by atoms with Gasteiger partial charge in [0, 0.05) is 12.6 Å². The maximum absolute atomic E-state index is 11.4. The monoisotopic (exact) mass is 267 g/mol. The van der Waals surface area contributed by atoms with Crippen molar-refractivity contribution in [3.8, 4) is 0 Å². The molecule has 18 heavy (non-hydrogen) atoms. The number of piperidine rings is 1. The highest BCUT2D eigenvalue weighted by atomic mass is 32.1. The molecule has 0 aromatic carbocycles. The fraction of sp³-hybridized carbons (Fsp3) is 0.643. The van der Waals surface area contributed by atoms with Crippen molar-refractivity contribution in [1.29, 1.82) is 0 Å². The van der Waals surface area contributed by atoms with Crippen LogP contribution >= 0.6 is 11.3 Å². The Labute approximate surface area is 113 Å². The summed E-state index contributed by atoms with van der Waals surface area (Å²) in [5.41, 5.74) is 1.40. The Morgan fingerprint density at radius 2 is 2.44 bits per heavy atom. The Hall–Kier alpha value is -0.870. The van der Waals surface area contributed by atoms with Crippen molar-refractivity contribution < 1.29 is 9.53 Å². The standard InChI is InChI=1S/C14H21NO2S/c1-17-14(16)10-13-4-2-3-7-15(13)8-5-12-6-9-18-11-12/h6,9,11,13H,2-5,7-8,10H2,1H3. The second-order valence-electron chi connectivity index (χ2n) is 4.85. The van der Waals surface area contributed by atoms with E-state index in [0.717, 1.165) is 25.9 Å². The van der Waals surface area contributed by atoms with E-state index in [-0.39, 0.29) is 5.97 Å². The molecule has 0 saturated carbocycles. The summed E-state index contributed by atoms with van der Waals surface area (Å²) in [5.74, 6) is -0.0811. The van der Waals surface area contributed by atoms with Gasteiger partial charge >= 0.3 is 5.97 Å². The third kappa shape index (κ3) is 3.82. The minimum Gasteiger partial charge on any atom is -0.469 e. The summed E-state index contributed by atoms with van der Waals surface area (Å²) < 4.78 is 4.79. The SMILES string of the molecule is COC(=O)CC1CCCCN1CCc1ccsc1. The van der Waals surface area contributed by atoms with E-state index >= 15 is 0 Å². The van der Waals surface area contributed by atoms with Crippen molar-refractivity contribution >= 4 is 17.3 Å². The van der Waals surface area contributed by atoms with Crippen LogP contribution in [0.4, 0.5) is 0 Å². The van der Waals surface area contributed by atoms with Gasteiger partial charge in [-0.05, 0) is 48.2 Å². The maximum atomic E-state index is 11.4. The molecule has 1 aromatic rings. The first-order chi connectivity index (χ1) is 8.79. The Kier molecular flexibility index (Phi) is 5.20. The summed E-state index contributed by atoms with van der Waals surface area (Å²) in [4.78, 5) is 13.9. The van der Waals surface area contributed by atoms with Crippen LogP contribution in [-0.4, -0.2) is 37.1 Å². The van der Waals surface area contributed by atoms with Crippen molar-refractivity contribution in [2.45, 2.75) is 38.1 Å². The molecular weight excluding hydrogens is 246 g/mol. The van der Waals surface area contributed by atoms with Crippen molar-refractivity contribution in [3.05, 3.63) is 22.4 Å². The molecule has 1 saturated heterocycles. The van der Waals surface area contributed by atoms with Gasteiger partial charge in [-0.15, -0.1) is 0 Å². The summed E-state index contributed by atoms with van der Waals surface area (Å²) in [7, 11) is 1.47. The molecule has 4 heteroatoms. The van der Waals surface area contributed by atoms with Crippen molar-refractivity contribution in [2.75, 3.05) is 20.2 Å². The molecule has 1 aliphatic rings. The van der Waals surface area contributed by atoms with E-state index in [1.807, 2.05) is 0 Å². The second-order valence-corrected chi connectivity index (χ2v) is 5.63. The van der Waals surface area contributed by atoms with Crippen LogP contribution in [0.2, 0.25) is 0 Å². The molecule has 1 aliphatic heterocycles. The van der Waals surface area contributed by atoms with Crippen molar-refractivity contribution in [1.82, 2.24) is 4.90 Å². The molecule has 1 unspecified atom stereocenters. The minimum atomic E-state index is -0.0811. The Morgan fingerprint density at radius 1 is 1.56 bits per heavy atom. The lowest BCUT2D eigenvalue weighted by atomic mass is 9.99. The number of carbonyl (C=O) groups excluding carboxylic acids is 1. The predicted molar refractivity (Wildman–Crippen MR) is 73.9 cm³/mol. The number of thiophene rings is 1. The third-order valence-electron chi connectivity index (χ3n) is 3.65. The average molecular weight is 267 g/mol. The molecule has 0 aliphatic carbocycles. The molecule has 3 nitrogen and oxygen atoms in total. The van der Waals surface area contributed by atoms with Gasteiger partial charge in [0.15, 0.2) is 0 Å². The Balaban J connectivity index is 1.85. The van der Waals surface area contributed by atoms with Gasteiger partial charge in [0.1, 0.15) is 0 Å². The number of hydrogen-bond acceptors (Lipinski definition) is 4. The van der Waals surface area contributed by atoms with E-state index in [4.69, 9.17) is 4.74 Å². The van der Waals surface area contributed by atoms with Gasteiger partial charge in [0.05, 0.1) is 13.5 Å².